The molecule has 2 N–H and O–H groups in total. The van der Waals surface area contributed by atoms with Crippen LogP contribution in [0.2, 0.25) is 0 Å². The maximum atomic E-state index is 11.1. The number of nitrogens with one attached hydrogen (secondary N) is 1. The third kappa shape index (κ3) is 3.72. The Morgan fingerprint density at radius 2 is 1.87 bits per heavy atom. The number of benzene rings is 1. The maximum absolute atomic E-state index is 11.1. The first-order valence-corrected chi connectivity index (χ1v) is 5.16. The SMILES string of the molecule is CNC(=O)CCc1ccccc1CCO. The molecule has 0 saturated carbocycles. The largest absolute Gasteiger partial charge is 0.396 e. The van der Waals surface area contributed by atoms with E-state index >= 15 is 0 Å². The van der Waals surface area contributed by atoms with Gasteiger partial charge in [0.15, 0.2) is 0 Å². The van der Waals surface area contributed by atoms with Gasteiger partial charge in [0, 0.05) is 20.1 Å². The Labute approximate surface area is 90.1 Å². The molecule has 0 radical (unpaired) electrons. The Morgan fingerprint density at radius 3 is 2.40 bits per heavy atom. The summed E-state index contributed by atoms with van der Waals surface area (Å²) in [7, 11) is 1.64. The molecule has 82 valence electrons. The molecule has 3 heteroatoms. The Hall–Kier alpha value is -1.35. The summed E-state index contributed by atoms with van der Waals surface area (Å²) in [5.74, 6) is 0.0498. The molecule has 0 fully saturated rings. The van der Waals surface area contributed by atoms with Gasteiger partial charge in [-0.25, -0.2) is 0 Å². The summed E-state index contributed by atoms with van der Waals surface area (Å²) in [5, 5.41) is 11.5. The molecule has 0 aliphatic carbocycles. The van der Waals surface area contributed by atoms with E-state index in [1.807, 2.05) is 24.3 Å². The van der Waals surface area contributed by atoms with Crippen LogP contribution in [0.5, 0.6) is 0 Å². The van der Waals surface area contributed by atoms with E-state index < -0.39 is 0 Å². The lowest BCUT2D eigenvalue weighted by atomic mass is 10.0. The van der Waals surface area contributed by atoms with E-state index in [0.717, 1.165) is 17.5 Å². The molecule has 1 amide bonds. The van der Waals surface area contributed by atoms with Gasteiger partial charge in [-0.3, -0.25) is 4.79 Å². The molecule has 0 saturated heterocycles. The maximum Gasteiger partial charge on any atom is 0.220 e. The molecule has 0 bridgehead atoms. The van der Waals surface area contributed by atoms with Gasteiger partial charge < -0.3 is 10.4 Å². The van der Waals surface area contributed by atoms with Crippen molar-refractivity contribution in [3.63, 3.8) is 0 Å². The Morgan fingerprint density at radius 1 is 1.27 bits per heavy atom. The minimum Gasteiger partial charge on any atom is -0.396 e. The lowest BCUT2D eigenvalue weighted by Crippen LogP contribution is -2.18. The van der Waals surface area contributed by atoms with E-state index in [2.05, 4.69) is 5.32 Å². The first-order valence-electron chi connectivity index (χ1n) is 5.16. The minimum absolute atomic E-state index is 0.0498. The van der Waals surface area contributed by atoms with Crippen LogP contribution >= 0.6 is 0 Å². The zero-order valence-corrected chi connectivity index (χ0v) is 8.99. The van der Waals surface area contributed by atoms with Crippen LogP contribution in [-0.4, -0.2) is 24.7 Å². The van der Waals surface area contributed by atoms with E-state index in [4.69, 9.17) is 5.11 Å². The van der Waals surface area contributed by atoms with Crippen LogP contribution in [0.1, 0.15) is 17.5 Å². The van der Waals surface area contributed by atoms with Crippen molar-refractivity contribution in [1.82, 2.24) is 5.32 Å². The summed E-state index contributed by atoms with van der Waals surface area (Å²) >= 11 is 0. The van der Waals surface area contributed by atoms with Gasteiger partial charge in [-0.15, -0.1) is 0 Å². The normalized spacial score (nSPS) is 10.0. The molecule has 0 unspecified atom stereocenters. The van der Waals surface area contributed by atoms with Gasteiger partial charge in [0.05, 0.1) is 0 Å². The fraction of sp³-hybridized carbons (Fsp3) is 0.417. The van der Waals surface area contributed by atoms with Gasteiger partial charge in [-0.1, -0.05) is 24.3 Å². The second-order valence-corrected chi connectivity index (χ2v) is 3.42. The summed E-state index contributed by atoms with van der Waals surface area (Å²) in [6, 6.07) is 7.91. The highest BCUT2D eigenvalue weighted by atomic mass is 16.2. The summed E-state index contributed by atoms with van der Waals surface area (Å²) in [6.45, 7) is 0.150. The van der Waals surface area contributed by atoms with Gasteiger partial charge in [0.25, 0.3) is 0 Å². The number of hydrogen-bond donors (Lipinski definition) is 2. The van der Waals surface area contributed by atoms with E-state index in [0.29, 0.717) is 12.8 Å². The molecule has 0 aromatic heterocycles. The molecule has 0 aliphatic rings. The number of hydrogen-bond acceptors (Lipinski definition) is 2. The summed E-state index contributed by atoms with van der Waals surface area (Å²) < 4.78 is 0. The molecule has 3 nitrogen and oxygen atoms in total. The van der Waals surface area contributed by atoms with E-state index in [9.17, 15) is 4.79 Å². The molecule has 0 atom stereocenters. The first kappa shape index (κ1) is 11.7. The fourth-order valence-electron chi connectivity index (χ4n) is 1.54. The van der Waals surface area contributed by atoms with Gasteiger partial charge in [-0.2, -0.15) is 0 Å². The van der Waals surface area contributed by atoms with Gasteiger partial charge in [0.1, 0.15) is 0 Å². The topological polar surface area (TPSA) is 49.3 Å². The standard InChI is InChI=1S/C12H17NO2/c1-13-12(15)7-6-10-4-2-3-5-11(10)8-9-14/h2-5,14H,6-9H2,1H3,(H,13,15). The Bertz CT molecular complexity index is 323. The smallest absolute Gasteiger partial charge is 0.220 e. The minimum atomic E-state index is 0.0498. The lowest BCUT2D eigenvalue weighted by molar-refractivity contribution is -0.120. The Kier molecular flexibility index (Phi) is 4.84. The number of carbonyl (C=O) groups is 1. The Balaban J connectivity index is 2.62. The predicted molar refractivity (Wildman–Crippen MR) is 59.6 cm³/mol. The van der Waals surface area contributed by atoms with E-state index in [1.54, 1.807) is 7.05 Å². The van der Waals surface area contributed by atoms with Crippen molar-refractivity contribution in [3.05, 3.63) is 35.4 Å². The lowest BCUT2D eigenvalue weighted by Gasteiger charge is -2.07. The van der Waals surface area contributed by atoms with Crippen LogP contribution in [0.3, 0.4) is 0 Å². The van der Waals surface area contributed by atoms with Crippen molar-refractivity contribution >= 4 is 5.91 Å². The predicted octanol–water partition coefficient (Wildman–Crippen LogP) is 0.900. The molecule has 15 heavy (non-hydrogen) atoms. The molecular formula is C12H17NO2. The zero-order valence-electron chi connectivity index (χ0n) is 8.99. The highest BCUT2D eigenvalue weighted by molar-refractivity contribution is 5.75. The number of rotatable bonds is 5. The van der Waals surface area contributed by atoms with Crippen molar-refractivity contribution in [1.29, 1.82) is 0 Å². The quantitative estimate of drug-likeness (QED) is 0.753. The van der Waals surface area contributed by atoms with Crippen molar-refractivity contribution in [2.24, 2.45) is 0 Å². The zero-order chi connectivity index (χ0) is 11.1. The summed E-state index contributed by atoms with van der Waals surface area (Å²) in [6.07, 6.45) is 1.89. The third-order valence-corrected chi connectivity index (χ3v) is 2.40. The van der Waals surface area contributed by atoms with Crippen LogP contribution in [0.4, 0.5) is 0 Å². The number of amides is 1. The molecule has 0 aliphatic heterocycles. The van der Waals surface area contributed by atoms with E-state index in [-0.39, 0.29) is 12.5 Å². The molecule has 1 rings (SSSR count). The average Bonchev–Trinajstić information content (AvgIpc) is 2.28. The van der Waals surface area contributed by atoms with Crippen LogP contribution in [0.25, 0.3) is 0 Å². The first-order chi connectivity index (χ1) is 7.27. The van der Waals surface area contributed by atoms with Crippen LogP contribution in [-0.2, 0) is 17.6 Å². The summed E-state index contributed by atoms with van der Waals surface area (Å²) in [4.78, 5) is 11.1. The highest BCUT2D eigenvalue weighted by Crippen LogP contribution is 2.11. The monoisotopic (exact) mass is 207 g/mol. The number of aryl methyl sites for hydroxylation is 1. The van der Waals surface area contributed by atoms with Crippen molar-refractivity contribution < 1.29 is 9.90 Å². The third-order valence-electron chi connectivity index (χ3n) is 2.40. The van der Waals surface area contributed by atoms with Gasteiger partial charge in [-0.05, 0) is 24.0 Å². The molecule has 0 spiro atoms. The number of aliphatic hydroxyl groups excluding tert-OH is 1. The van der Waals surface area contributed by atoms with Crippen molar-refractivity contribution in [3.8, 4) is 0 Å². The van der Waals surface area contributed by atoms with Crippen LogP contribution in [0.15, 0.2) is 24.3 Å². The molecule has 1 aromatic carbocycles. The molecule has 0 heterocycles. The van der Waals surface area contributed by atoms with Crippen molar-refractivity contribution in [2.75, 3.05) is 13.7 Å². The van der Waals surface area contributed by atoms with Crippen molar-refractivity contribution in [2.45, 2.75) is 19.3 Å². The highest BCUT2D eigenvalue weighted by Gasteiger charge is 2.03. The second-order valence-electron chi connectivity index (χ2n) is 3.42. The van der Waals surface area contributed by atoms with Gasteiger partial charge in [0.2, 0.25) is 5.91 Å². The number of carbonyl (C=O) groups excluding carboxylic acids is 1. The average molecular weight is 207 g/mol. The fourth-order valence-corrected chi connectivity index (χ4v) is 1.54. The second kappa shape index (κ2) is 6.19. The van der Waals surface area contributed by atoms with Gasteiger partial charge >= 0.3 is 0 Å². The molecular weight excluding hydrogens is 190 g/mol. The van der Waals surface area contributed by atoms with Crippen LogP contribution < -0.4 is 5.32 Å². The number of aliphatic hydroxyl groups is 1. The summed E-state index contributed by atoms with van der Waals surface area (Å²) in [5.41, 5.74) is 2.28. The molecule has 1 aromatic rings. The van der Waals surface area contributed by atoms with Crippen LogP contribution in [0, 0.1) is 0 Å². The van der Waals surface area contributed by atoms with E-state index in [1.165, 1.54) is 0 Å².